The molecule has 1 fully saturated rings. The Kier molecular flexibility index (Phi) is 5.91. The highest BCUT2D eigenvalue weighted by Crippen LogP contribution is 2.29. The number of methoxy groups -OCH3 is 2. The zero-order valence-electron chi connectivity index (χ0n) is 15.0. The molecular formula is C19H23N3O4. The van der Waals surface area contributed by atoms with Crippen LogP contribution in [-0.2, 0) is 4.74 Å². The number of nitrogens with zero attached hydrogens (tertiary/aromatic N) is 1. The minimum atomic E-state index is -0.306. The number of aromatic nitrogens is 1. The van der Waals surface area contributed by atoms with Crippen molar-refractivity contribution in [1.29, 1.82) is 0 Å². The molecule has 1 unspecified atom stereocenters. The summed E-state index contributed by atoms with van der Waals surface area (Å²) in [5, 5.41) is 6.08. The summed E-state index contributed by atoms with van der Waals surface area (Å²) in [7, 11) is 3.11. The van der Waals surface area contributed by atoms with Gasteiger partial charge < -0.3 is 24.8 Å². The van der Waals surface area contributed by atoms with Crippen molar-refractivity contribution in [2.45, 2.75) is 18.9 Å². The lowest BCUT2D eigenvalue weighted by atomic mass is 10.2. The molecule has 1 aromatic heterocycles. The minimum absolute atomic E-state index is 0.250. The lowest BCUT2D eigenvalue weighted by Crippen LogP contribution is -2.19. The van der Waals surface area contributed by atoms with Gasteiger partial charge in [-0.2, -0.15) is 0 Å². The average molecular weight is 357 g/mol. The van der Waals surface area contributed by atoms with E-state index in [1.54, 1.807) is 37.6 Å². The average Bonchev–Trinajstić information content (AvgIpc) is 3.20. The van der Waals surface area contributed by atoms with E-state index in [4.69, 9.17) is 14.2 Å². The molecule has 26 heavy (non-hydrogen) atoms. The first-order chi connectivity index (χ1) is 12.7. The molecule has 1 aliphatic heterocycles. The van der Waals surface area contributed by atoms with Crippen LogP contribution in [0.4, 0.5) is 11.4 Å². The zero-order chi connectivity index (χ0) is 18.4. The standard InChI is InChI=1S/C19H23N3O4/c1-24-14-6-8-16(18(10-14)25-2)22-19(23)17-7-5-13(11-21-17)20-12-15-4-3-9-26-15/h5-8,10-11,15,20H,3-4,9,12H2,1-2H3,(H,22,23). The van der Waals surface area contributed by atoms with Gasteiger partial charge in [0, 0.05) is 19.2 Å². The summed E-state index contributed by atoms with van der Waals surface area (Å²) in [5.41, 5.74) is 1.74. The Hall–Kier alpha value is -2.80. The molecule has 0 spiro atoms. The molecule has 0 radical (unpaired) electrons. The number of benzene rings is 1. The number of anilines is 2. The number of hydrogen-bond donors (Lipinski definition) is 2. The lowest BCUT2D eigenvalue weighted by molar-refractivity contribution is 0.102. The van der Waals surface area contributed by atoms with Crippen molar-refractivity contribution in [1.82, 2.24) is 4.98 Å². The van der Waals surface area contributed by atoms with E-state index in [9.17, 15) is 4.79 Å². The van der Waals surface area contributed by atoms with Crippen LogP contribution in [0.5, 0.6) is 11.5 Å². The molecule has 1 atom stereocenters. The summed E-state index contributed by atoms with van der Waals surface area (Å²) < 4.78 is 16.0. The van der Waals surface area contributed by atoms with Gasteiger partial charge in [-0.25, -0.2) is 4.98 Å². The number of rotatable bonds is 7. The topological polar surface area (TPSA) is 81.7 Å². The molecule has 1 aromatic carbocycles. The Bertz CT molecular complexity index is 743. The predicted octanol–water partition coefficient (Wildman–Crippen LogP) is 2.94. The second kappa shape index (κ2) is 8.53. The highest BCUT2D eigenvalue weighted by molar-refractivity contribution is 6.03. The third-order valence-electron chi connectivity index (χ3n) is 4.21. The molecule has 2 aromatic rings. The van der Waals surface area contributed by atoms with Crippen molar-refractivity contribution in [2.75, 3.05) is 38.0 Å². The Balaban J connectivity index is 1.61. The maximum absolute atomic E-state index is 12.4. The van der Waals surface area contributed by atoms with Gasteiger partial charge in [0.2, 0.25) is 0 Å². The molecule has 7 heteroatoms. The molecule has 0 aliphatic carbocycles. The van der Waals surface area contributed by atoms with Crippen LogP contribution in [0.25, 0.3) is 0 Å². The van der Waals surface area contributed by atoms with Gasteiger partial charge in [-0.05, 0) is 37.1 Å². The van der Waals surface area contributed by atoms with Gasteiger partial charge in [-0.1, -0.05) is 0 Å². The number of hydrogen-bond acceptors (Lipinski definition) is 6. The van der Waals surface area contributed by atoms with E-state index >= 15 is 0 Å². The zero-order valence-corrected chi connectivity index (χ0v) is 15.0. The largest absolute Gasteiger partial charge is 0.497 e. The Morgan fingerprint density at radius 1 is 1.27 bits per heavy atom. The van der Waals surface area contributed by atoms with Gasteiger partial charge in [-0.15, -0.1) is 0 Å². The van der Waals surface area contributed by atoms with Gasteiger partial charge >= 0.3 is 0 Å². The maximum Gasteiger partial charge on any atom is 0.274 e. The van der Waals surface area contributed by atoms with Crippen LogP contribution in [0.2, 0.25) is 0 Å². The fourth-order valence-corrected chi connectivity index (χ4v) is 2.76. The number of amides is 1. The Morgan fingerprint density at radius 3 is 2.81 bits per heavy atom. The molecule has 7 nitrogen and oxygen atoms in total. The van der Waals surface area contributed by atoms with Crippen LogP contribution < -0.4 is 20.1 Å². The van der Waals surface area contributed by atoms with Crippen molar-refractivity contribution in [3.8, 4) is 11.5 Å². The van der Waals surface area contributed by atoms with Crippen molar-refractivity contribution >= 4 is 17.3 Å². The van der Waals surface area contributed by atoms with Crippen LogP contribution in [0.1, 0.15) is 23.3 Å². The molecule has 2 N–H and O–H groups in total. The number of ether oxygens (including phenoxy) is 3. The van der Waals surface area contributed by atoms with Crippen LogP contribution in [0.3, 0.4) is 0 Å². The maximum atomic E-state index is 12.4. The summed E-state index contributed by atoms with van der Waals surface area (Å²) >= 11 is 0. The van der Waals surface area contributed by atoms with Crippen molar-refractivity contribution in [2.24, 2.45) is 0 Å². The fraction of sp³-hybridized carbons (Fsp3) is 0.368. The number of carbonyl (C=O) groups is 1. The van der Waals surface area contributed by atoms with E-state index in [1.165, 1.54) is 7.11 Å². The van der Waals surface area contributed by atoms with Gasteiger partial charge in [0.1, 0.15) is 17.2 Å². The second-order valence-electron chi connectivity index (χ2n) is 5.97. The van der Waals surface area contributed by atoms with E-state index in [0.29, 0.717) is 22.9 Å². The van der Waals surface area contributed by atoms with Crippen LogP contribution in [0.15, 0.2) is 36.5 Å². The molecule has 2 heterocycles. The molecule has 1 aliphatic rings. The SMILES string of the molecule is COc1ccc(NC(=O)c2ccc(NCC3CCCO3)cn2)c(OC)c1. The summed E-state index contributed by atoms with van der Waals surface area (Å²) in [5.74, 6) is 0.867. The molecule has 138 valence electrons. The highest BCUT2D eigenvalue weighted by Gasteiger charge is 2.15. The van der Waals surface area contributed by atoms with Crippen molar-refractivity contribution in [3.63, 3.8) is 0 Å². The summed E-state index contributed by atoms with van der Waals surface area (Å²) in [6.45, 7) is 1.58. The quantitative estimate of drug-likeness (QED) is 0.793. The van der Waals surface area contributed by atoms with Crippen LogP contribution in [-0.4, -0.2) is 44.4 Å². The minimum Gasteiger partial charge on any atom is -0.497 e. The van der Waals surface area contributed by atoms with E-state index in [-0.39, 0.29) is 12.0 Å². The van der Waals surface area contributed by atoms with Gasteiger partial charge in [-0.3, -0.25) is 4.79 Å². The van der Waals surface area contributed by atoms with E-state index in [0.717, 1.165) is 31.7 Å². The van der Waals surface area contributed by atoms with Crippen LogP contribution >= 0.6 is 0 Å². The second-order valence-corrected chi connectivity index (χ2v) is 5.97. The van der Waals surface area contributed by atoms with Crippen molar-refractivity contribution in [3.05, 3.63) is 42.2 Å². The van der Waals surface area contributed by atoms with Crippen LogP contribution in [0, 0.1) is 0 Å². The first-order valence-electron chi connectivity index (χ1n) is 8.54. The fourth-order valence-electron chi connectivity index (χ4n) is 2.76. The first-order valence-corrected chi connectivity index (χ1v) is 8.54. The normalized spacial score (nSPS) is 16.2. The molecule has 1 amide bonds. The summed E-state index contributed by atoms with van der Waals surface area (Å²) in [4.78, 5) is 16.6. The monoisotopic (exact) mass is 357 g/mol. The molecule has 3 rings (SSSR count). The van der Waals surface area contributed by atoms with Crippen molar-refractivity contribution < 1.29 is 19.0 Å². The third kappa shape index (κ3) is 4.43. The van der Waals surface area contributed by atoms with E-state index in [2.05, 4.69) is 15.6 Å². The smallest absolute Gasteiger partial charge is 0.274 e. The number of pyridine rings is 1. The van der Waals surface area contributed by atoms with E-state index in [1.807, 2.05) is 6.07 Å². The number of carbonyl (C=O) groups excluding carboxylic acids is 1. The van der Waals surface area contributed by atoms with Gasteiger partial charge in [0.15, 0.2) is 0 Å². The third-order valence-corrected chi connectivity index (χ3v) is 4.21. The Labute approximate surface area is 152 Å². The molecule has 0 saturated carbocycles. The predicted molar refractivity (Wildman–Crippen MR) is 99.2 cm³/mol. The van der Waals surface area contributed by atoms with Gasteiger partial charge in [0.05, 0.1) is 37.9 Å². The van der Waals surface area contributed by atoms with Gasteiger partial charge in [0.25, 0.3) is 5.91 Å². The van der Waals surface area contributed by atoms with E-state index < -0.39 is 0 Å². The number of nitrogens with one attached hydrogen (secondary N) is 2. The first kappa shape index (κ1) is 18.0. The molecule has 1 saturated heterocycles. The highest BCUT2D eigenvalue weighted by atomic mass is 16.5. The summed E-state index contributed by atoms with van der Waals surface area (Å²) in [6, 6.07) is 8.71. The Morgan fingerprint density at radius 2 is 2.15 bits per heavy atom. The lowest BCUT2D eigenvalue weighted by Gasteiger charge is -2.13. The molecular weight excluding hydrogens is 334 g/mol. The summed E-state index contributed by atoms with van der Waals surface area (Å²) in [6.07, 6.45) is 4.08. The molecule has 0 bridgehead atoms.